The third kappa shape index (κ3) is 4.08. The third-order valence-corrected chi connectivity index (χ3v) is 5.55. The minimum Gasteiger partial charge on any atom is -0.497 e. The normalized spacial score (nSPS) is 11.0. The van der Waals surface area contributed by atoms with Gasteiger partial charge in [0.15, 0.2) is 5.69 Å². The summed E-state index contributed by atoms with van der Waals surface area (Å²) in [5, 5.41) is 4.56. The highest BCUT2D eigenvalue weighted by Gasteiger charge is 2.17. The van der Waals surface area contributed by atoms with Crippen LogP contribution in [0, 0.1) is 0 Å². The Morgan fingerprint density at radius 3 is 2.70 bits per heavy atom. The summed E-state index contributed by atoms with van der Waals surface area (Å²) in [6.07, 6.45) is 5.59. The highest BCUT2D eigenvalue weighted by molar-refractivity contribution is 5.92. The van der Waals surface area contributed by atoms with E-state index in [0.717, 1.165) is 33.9 Å². The molecule has 0 aliphatic carbocycles. The number of amides is 1. The molecule has 0 saturated carbocycles. The maximum atomic E-state index is 12.9. The fraction of sp³-hybridized carbons (Fsp3) is 0.115. The van der Waals surface area contributed by atoms with Crippen LogP contribution in [0.25, 0.3) is 22.5 Å². The summed E-state index contributed by atoms with van der Waals surface area (Å²) in [5.74, 6) is 1.50. The lowest BCUT2D eigenvalue weighted by atomic mass is 10.1. The maximum Gasteiger partial charge on any atom is 0.274 e. The first-order valence-corrected chi connectivity index (χ1v) is 10.6. The smallest absolute Gasteiger partial charge is 0.274 e. The largest absolute Gasteiger partial charge is 0.497 e. The molecule has 0 spiro atoms. The monoisotopic (exact) mass is 437 g/mol. The lowest BCUT2D eigenvalue weighted by Gasteiger charge is -2.15. The molecular weight excluding hydrogens is 414 g/mol. The van der Waals surface area contributed by atoms with Crippen LogP contribution in [-0.4, -0.2) is 44.1 Å². The van der Waals surface area contributed by atoms with E-state index in [0.29, 0.717) is 12.2 Å². The maximum absolute atomic E-state index is 12.9. The van der Waals surface area contributed by atoms with Gasteiger partial charge in [-0.3, -0.25) is 9.78 Å². The lowest BCUT2D eigenvalue weighted by molar-refractivity contribution is 0.0777. The standard InChI is InChI=1S/C26H23N5O2/c1-29(18-21-7-3-4-14-27-21)26(32)24-13-15-31(28-24)25-12-11-22-10-9-20(17-30(22)25)19-6-5-8-23(16-19)33-2/h3-17H,18H2,1-2H3. The number of carbonyl (C=O) groups excluding carboxylic acids is 1. The second-order valence-corrected chi connectivity index (χ2v) is 7.76. The van der Waals surface area contributed by atoms with E-state index >= 15 is 0 Å². The van der Waals surface area contributed by atoms with E-state index in [1.807, 2.05) is 54.7 Å². The Morgan fingerprint density at radius 2 is 1.88 bits per heavy atom. The van der Waals surface area contributed by atoms with Crippen molar-refractivity contribution in [2.24, 2.45) is 0 Å². The van der Waals surface area contributed by atoms with E-state index in [2.05, 4.69) is 38.9 Å². The van der Waals surface area contributed by atoms with Crippen molar-refractivity contribution in [2.75, 3.05) is 14.2 Å². The van der Waals surface area contributed by atoms with Gasteiger partial charge < -0.3 is 14.0 Å². The summed E-state index contributed by atoms with van der Waals surface area (Å²) in [6.45, 7) is 0.421. The van der Waals surface area contributed by atoms with Crippen LogP contribution in [0.5, 0.6) is 5.75 Å². The fourth-order valence-electron chi connectivity index (χ4n) is 3.81. The van der Waals surface area contributed by atoms with Gasteiger partial charge in [0.25, 0.3) is 5.91 Å². The van der Waals surface area contributed by atoms with Crippen molar-refractivity contribution in [3.63, 3.8) is 0 Å². The zero-order chi connectivity index (χ0) is 22.8. The van der Waals surface area contributed by atoms with Crippen molar-refractivity contribution in [3.05, 3.63) is 103 Å². The molecule has 164 valence electrons. The van der Waals surface area contributed by atoms with E-state index in [1.165, 1.54) is 0 Å². The van der Waals surface area contributed by atoms with E-state index in [4.69, 9.17) is 4.74 Å². The molecule has 7 nitrogen and oxygen atoms in total. The molecule has 1 aromatic carbocycles. The van der Waals surface area contributed by atoms with Crippen molar-refractivity contribution >= 4 is 11.4 Å². The minimum absolute atomic E-state index is 0.155. The number of ether oxygens (including phenoxy) is 1. The molecular formula is C26H23N5O2. The minimum atomic E-state index is -0.155. The molecule has 0 atom stereocenters. The number of hydrogen-bond donors (Lipinski definition) is 0. The Bertz CT molecular complexity index is 1420. The Balaban J connectivity index is 1.43. The van der Waals surface area contributed by atoms with Gasteiger partial charge in [-0.1, -0.05) is 24.3 Å². The van der Waals surface area contributed by atoms with Crippen molar-refractivity contribution < 1.29 is 9.53 Å². The first kappa shape index (κ1) is 20.5. The number of hydrogen-bond acceptors (Lipinski definition) is 4. The molecule has 0 aliphatic rings. The van der Waals surface area contributed by atoms with Crippen molar-refractivity contribution in [2.45, 2.75) is 6.54 Å². The number of pyridine rings is 2. The fourth-order valence-corrected chi connectivity index (χ4v) is 3.81. The van der Waals surface area contributed by atoms with Gasteiger partial charge in [0.05, 0.1) is 19.3 Å². The quantitative estimate of drug-likeness (QED) is 0.393. The van der Waals surface area contributed by atoms with Crippen LogP contribution in [0.15, 0.2) is 91.4 Å². The van der Waals surface area contributed by atoms with E-state index in [1.54, 1.807) is 36.0 Å². The molecule has 0 bridgehead atoms. The van der Waals surface area contributed by atoms with Gasteiger partial charge in [-0.2, -0.15) is 5.10 Å². The summed E-state index contributed by atoms with van der Waals surface area (Å²) in [5.41, 5.74) is 4.36. The van der Waals surface area contributed by atoms with Gasteiger partial charge in [0.2, 0.25) is 0 Å². The summed E-state index contributed by atoms with van der Waals surface area (Å²) in [4.78, 5) is 18.8. The Labute approximate surface area is 191 Å². The summed E-state index contributed by atoms with van der Waals surface area (Å²) in [7, 11) is 3.42. The van der Waals surface area contributed by atoms with E-state index in [9.17, 15) is 4.79 Å². The molecule has 0 unspecified atom stereocenters. The van der Waals surface area contributed by atoms with Crippen LogP contribution in [0.4, 0.5) is 0 Å². The topological polar surface area (TPSA) is 64.7 Å². The van der Waals surface area contributed by atoms with Gasteiger partial charge in [0, 0.05) is 31.2 Å². The number of nitrogens with zero attached hydrogens (tertiary/aromatic N) is 5. The van der Waals surface area contributed by atoms with E-state index < -0.39 is 0 Å². The third-order valence-electron chi connectivity index (χ3n) is 5.55. The summed E-state index contributed by atoms with van der Waals surface area (Å²) in [6, 6.07) is 23.5. The average Bonchev–Trinajstić information content (AvgIpc) is 3.51. The number of methoxy groups -OCH3 is 1. The number of benzene rings is 1. The van der Waals surface area contributed by atoms with Gasteiger partial charge in [0.1, 0.15) is 11.6 Å². The van der Waals surface area contributed by atoms with Crippen LogP contribution in [-0.2, 0) is 6.54 Å². The summed E-state index contributed by atoms with van der Waals surface area (Å²) < 4.78 is 9.15. The predicted molar refractivity (Wildman–Crippen MR) is 127 cm³/mol. The first-order valence-electron chi connectivity index (χ1n) is 10.6. The van der Waals surface area contributed by atoms with Crippen LogP contribution in [0.2, 0.25) is 0 Å². The van der Waals surface area contributed by atoms with E-state index in [-0.39, 0.29) is 5.91 Å². The zero-order valence-corrected chi connectivity index (χ0v) is 18.4. The summed E-state index contributed by atoms with van der Waals surface area (Å²) >= 11 is 0. The van der Waals surface area contributed by atoms with Crippen LogP contribution < -0.4 is 4.74 Å². The van der Waals surface area contributed by atoms with Gasteiger partial charge >= 0.3 is 0 Å². The van der Waals surface area contributed by atoms with Gasteiger partial charge in [-0.05, 0) is 59.7 Å². The molecule has 5 rings (SSSR count). The Hall–Kier alpha value is -4.39. The average molecular weight is 438 g/mol. The molecule has 5 aromatic rings. The van der Waals surface area contributed by atoms with Gasteiger partial charge in [-0.25, -0.2) is 4.68 Å². The first-order chi connectivity index (χ1) is 16.1. The number of rotatable bonds is 6. The second-order valence-electron chi connectivity index (χ2n) is 7.76. The Kier molecular flexibility index (Phi) is 5.36. The van der Waals surface area contributed by atoms with Crippen LogP contribution in [0.1, 0.15) is 16.2 Å². The molecule has 1 amide bonds. The molecule has 0 saturated heterocycles. The molecule has 7 heteroatoms. The van der Waals surface area contributed by atoms with Gasteiger partial charge in [-0.15, -0.1) is 0 Å². The molecule has 0 radical (unpaired) electrons. The van der Waals surface area contributed by atoms with Crippen LogP contribution >= 0.6 is 0 Å². The predicted octanol–water partition coefficient (Wildman–Crippen LogP) is 4.47. The highest BCUT2D eigenvalue weighted by atomic mass is 16.5. The highest BCUT2D eigenvalue weighted by Crippen LogP contribution is 2.26. The molecule has 33 heavy (non-hydrogen) atoms. The molecule has 4 heterocycles. The SMILES string of the molecule is COc1cccc(-c2ccc3ccc(-n4ccc(C(=O)N(C)Cc5ccccn5)n4)n3c2)c1. The number of carbonyl (C=O) groups is 1. The molecule has 4 aromatic heterocycles. The number of aromatic nitrogens is 4. The van der Waals surface area contributed by atoms with Crippen LogP contribution in [0.3, 0.4) is 0 Å². The lowest BCUT2D eigenvalue weighted by Crippen LogP contribution is -2.27. The molecule has 0 N–H and O–H groups in total. The van der Waals surface area contributed by atoms with Crippen molar-refractivity contribution in [1.29, 1.82) is 0 Å². The molecule has 0 fully saturated rings. The molecule has 0 aliphatic heterocycles. The number of fused-ring (bicyclic) bond motifs is 1. The zero-order valence-electron chi connectivity index (χ0n) is 18.4. The second kappa shape index (κ2) is 8.63. The van der Waals surface area contributed by atoms with Crippen molar-refractivity contribution in [1.82, 2.24) is 24.1 Å². The Morgan fingerprint density at radius 1 is 1.00 bits per heavy atom. The van der Waals surface area contributed by atoms with Crippen molar-refractivity contribution in [3.8, 4) is 22.7 Å².